The molecule has 53 heavy (non-hydrogen) atoms. The molecule has 0 spiro atoms. The summed E-state index contributed by atoms with van der Waals surface area (Å²) < 4.78 is 8.80. The normalized spacial score (nSPS) is 11.8. The zero-order valence-corrected chi connectivity index (χ0v) is 29.5. The van der Waals surface area contributed by atoms with Crippen LogP contribution in [0.4, 0.5) is 17.1 Å². The van der Waals surface area contributed by atoms with Gasteiger partial charge in [0.25, 0.3) is 0 Å². The van der Waals surface area contributed by atoms with Crippen LogP contribution in [0.25, 0.3) is 85.9 Å². The average Bonchev–Trinajstić information content (AvgIpc) is 3.79. The van der Waals surface area contributed by atoms with Gasteiger partial charge in [-0.1, -0.05) is 133 Å². The van der Waals surface area contributed by atoms with Crippen LogP contribution in [0.5, 0.6) is 0 Å². The van der Waals surface area contributed by atoms with Crippen LogP contribution >= 0.6 is 11.3 Å². The van der Waals surface area contributed by atoms with Crippen LogP contribution < -0.4 is 4.90 Å². The van der Waals surface area contributed by atoms with Crippen molar-refractivity contribution in [2.24, 2.45) is 0 Å². The summed E-state index contributed by atoms with van der Waals surface area (Å²) in [6, 6.07) is 68.1. The highest BCUT2D eigenvalue weighted by molar-refractivity contribution is 7.26. The Balaban J connectivity index is 1.07. The second kappa shape index (κ2) is 11.9. The van der Waals surface area contributed by atoms with Gasteiger partial charge in [0.05, 0.1) is 10.4 Å². The molecule has 0 aliphatic heterocycles. The van der Waals surface area contributed by atoms with Gasteiger partial charge in [-0.25, -0.2) is 0 Å². The van der Waals surface area contributed by atoms with Crippen LogP contribution in [0.1, 0.15) is 0 Å². The molecule has 0 aliphatic rings. The maximum absolute atomic E-state index is 6.26. The molecule has 3 heteroatoms. The lowest BCUT2D eigenvalue weighted by atomic mass is 9.97. The number of hydrogen-bond acceptors (Lipinski definition) is 3. The van der Waals surface area contributed by atoms with Crippen molar-refractivity contribution in [1.29, 1.82) is 0 Å². The molecule has 248 valence electrons. The average molecular weight is 694 g/mol. The van der Waals surface area contributed by atoms with Crippen molar-refractivity contribution in [2.45, 2.75) is 0 Å². The number of furan rings is 1. The van der Waals surface area contributed by atoms with E-state index >= 15 is 0 Å². The standard InChI is InChI=1S/C50H31NOS/c1-2-9-32(10-3-1)36-22-27-43-44-14-8-15-46(50(44)53-49(43)30-36)51(39-25-28-48-45(31-39)42-13-6-7-16-47(42)52-48)38-23-19-33(20-24-38)35-21-26-41-37(29-35)18-17-34-11-4-5-12-40(34)41/h1-31H. The molecule has 9 aromatic carbocycles. The molecule has 0 bridgehead atoms. The van der Waals surface area contributed by atoms with Crippen molar-refractivity contribution in [1.82, 2.24) is 0 Å². The van der Waals surface area contributed by atoms with Crippen LogP contribution in [0.15, 0.2) is 192 Å². The highest BCUT2D eigenvalue weighted by Gasteiger charge is 2.20. The third kappa shape index (κ3) is 4.93. The molecule has 0 saturated carbocycles. The zero-order chi connectivity index (χ0) is 34.9. The van der Waals surface area contributed by atoms with E-state index < -0.39 is 0 Å². The SMILES string of the molecule is c1ccc(-c2ccc3c(c2)sc2c(N(c4ccc(-c5ccc6c(ccc7ccccc76)c5)cc4)c4ccc5oc6ccccc6c5c4)cccc23)cc1. The third-order valence-corrected chi connectivity index (χ3v) is 11.8. The number of hydrogen-bond donors (Lipinski definition) is 0. The van der Waals surface area contributed by atoms with E-state index in [4.69, 9.17) is 4.42 Å². The second-order valence-electron chi connectivity index (χ2n) is 13.7. The van der Waals surface area contributed by atoms with E-state index in [1.165, 1.54) is 64.0 Å². The lowest BCUT2D eigenvalue weighted by Gasteiger charge is -2.26. The minimum atomic E-state index is 0.892. The Labute approximate surface area is 310 Å². The van der Waals surface area contributed by atoms with Crippen molar-refractivity contribution in [3.05, 3.63) is 188 Å². The van der Waals surface area contributed by atoms with Crippen molar-refractivity contribution in [3.63, 3.8) is 0 Å². The summed E-state index contributed by atoms with van der Waals surface area (Å²) in [6.45, 7) is 0. The Kier molecular flexibility index (Phi) is 6.76. The van der Waals surface area contributed by atoms with Gasteiger partial charge < -0.3 is 9.32 Å². The Morgan fingerprint density at radius 1 is 0.358 bits per heavy atom. The molecule has 0 N–H and O–H groups in total. The summed E-state index contributed by atoms with van der Waals surface area (Å²) in [4.78, 5) is 2.41. The summed E-state index contributed by atoms with van der Waals surface area (Å²) in [5.41, 5.74) is 10.00. The minimum absolute atomic E-state index is 0.892. The van der Waals surface area contributed by atoms with Gasteiger partial charge in [0.15, 0.2) is 0 Å². The first-order valence-electron chi connectivity index (χ1n) is 18.0. The summed E-state index contributed by atoms with van der Waals surface area (Å²) in [6.07, 6.45) is 0. The maximum Gasteiger partial charge on any atom is 0.135 e. The van der Waals surface area contributed by atoms with E-state index in [0.717, 1.165) is 39.0 Å². The molecule has 0 amide bonds. The van der Waals surface area contributed by atoms with E-state index in [-0.39, 0.29) is 0 Å². The summed E-state index contributed by atoms with van der Waals surface area (Å²) in [5, 5.41) is 9.87. The first-order chi connectivity index (χ1) is 26.2. The largest absolute Gasteiger partial charge is 0.456 e. The lowest BCUT2D eigenvalue weighted by Crippen LogP contribution is -2.10. The molecular formula is C50H31NOS. The van der Waals surface area contributed by atoms with Crippen LogP contribution in [-0.4, -0.2) is 0 Å². The van der Waals surface area contributed by atoms with Gasteiger partial charge in [-0.05, 0) is 98.4 Å². The molecule has 0 aliphatic carbocycles. The summed E-state index contributed by atoms with van der Waals surface area (Å²) in [5.74, 6) is 0. The van der Waals surface area contributed by atoms with E-state index in [9.17, 15) is 0 Å². The monoisotopic (exact) mass is 693 g/mol. The molecule has 11 rings (SSSR count). The first kappa shape index (κ1) is 30.0. The number of benzene rings is 9. The molecule has 0 unspecified atom stereocenters. The number of nitrogens with zero attached hydrogens (tertiary/aromatic N) is 1. The van der Waals surface area contributed by atoms with Crippen LogP contribution in [0.3, 0.4) is 0 Å². The summed E-state index contributed by atoms with van der Waals surface area (Å²) >= 11 is 1.86. The highest BCUT2D eigenvalue weighted by atomic mass is 32.1. The molecule has 2 aromatic heterocycles. The Bertz CT molecular complexity index is 3170. The van der Waals surface area contributed by atoms with Crippen molar-refractivity contribution in [3.8, 4) is 22.3 Å². The number of rotatable bonds is 5. The van der Waals surface area contributed by atoms with Crippen LogP contribution in [0, 0.1) is 0 Å². The molecule has 0 atom stereocenters. The highest BCUT2D eigenvalue weighted by Crippen LogP contribution is 2.46. The molecule has 2 nitrogen and oxygen atoms in total. The zero-order valence-electron chi connectivity index (χ0n) is 28.7. The van der Waals surface area contributed by atoms with Crippen LogP contribution in [-0.2, 0) is 0 Å². The topological polar surface area (TPSA) is 16.4 Å². The molecular weight excluding hydrogens is 663 g/mol. The summed E-state index contributed by atoms with van der Waals surface area (Å²) in [7, 11) is 0. The van der Waals surface area contributed by atoms with E-state index in [1.54, 1.807) is 0 Å². The Morgan fingerprint density at radius 3 is 1.89 bits per heavy atom. The fourth-order valence-electron chi connectivity index (χ4n) is 8.05. The predicted molar refractivity (Wildman–Crippen MR) is 227 cm³/mol. The molecule has 0 fully saturated rings. The second-order valence-corrected chi connectivity index (χ2v) is 14.8. The van der Waals surface area contributed by atoms with Gasteiger partial charge in [-0.3, -0.25) is 0 Å². The molecule has 2 heterocycles. The smallest absolute Gasteiger partial charge is 0.135 e. The van der Waals surface area contributed by atoms with Gasteiger partial charge in [0.1, 0.15) is 11.2 Å². The van der Waals surface area contributed by atoms with Crippen molar-refractivity contribution in [2.75, 3.05) is 4.90 Å². The molecule has 11 aromatic rings. The lowest BCUT2D eigenvalue weighted by molar-refractivity contribution is 0.669. The molecule has 0 radical (unpaired) electrons. The fourth-order valence-corrected chi connectivity index (χ4v) is 9.29. The van der Waals surface area contributed by atoms with Gasteiger partial charge >= 0.3 is 0 Å². The number of para-hydroxylation sites is 1. The van der Waals surface area contributed by atoms with Gasteiger partial charge in [0.2, 0.25) is 0 Å². The third-order valence-electron chi connectivity index (χ3n) is 10.6. The van der Waals surface area contributed by atoms with E-state index in [2.05, 4.69) is 181 Å². The predicted octanol–water partition coefficient (Wildman–Crippen LogP) is 15.1. The quantitative estimate of drug-likeness (QED) is 0.167. The van der Waals surface area contributed by atoms with Gasteiger partial charge in [-0.15, -0.1) is 11.3 Å². The van der Waals surface area contributed by atoms with Gasteiger partial charge in [0, 0.05) is 37.6 Å². The number of thiophene rings is 1. The first-order valence-corrected chi connectivity index (χ1v) is 18.8. The fraction of sp³-hybridized carbons (Fsp3) is 0. The maximum atomic E-state index is 6.26. The Hall–Kier alpha value is -6.68. The van der Waals surface area contributed by atoms with E-state index in [1.807, 2.05) is 23.5 Å². The van der Waals surface area contributed by atoms with Crippen LogP contribution in [0.2, 0.25) is 0 Å². The Morgan fingerprint density at radius 2 is 1.00 bits per heavy atom. The van der Waals surface area contributed by atoms with Crippen molar-refractivity contribution >= 4 is 92.1 Å². The van der Waals surface area contributed by atoms with Crippen molar-refractivity contribution < 1.29 is 4.42 Å². The van der Waals surface area contributed by atoms with E-state index in [0.29, 0.717) is 0 Å². The van der Waals surface area contributed by atoms with Gasteiger partial charge in [-0.2, -0.15) is 0 Å². The number of anilines is 3. The molecule has 0 saturated heterocycles. The minimum Gasteiger partial charge on any atom is -0.456 e. The number of fused-ring (bicyclic) bond motifs is 9.